The van der Waals surface area contributed by atoms with Crippen molar-refractivity contribution in [3.05, 3.63) is 24.3 Å². The molecule has 2 N–H and O–H groups in total. The summed E-state index contributed by atoms with van der Waals surface area (Å²) in [6, 6.07) is 7.58. The minimum atomic E-state index is -0.0198. The lowest BCUT2D eigenvalue weighted by molar-refractivity contribution is -0.119. The summed E-state index contributed by atoms with van der Waals surface area (Å²) in [6.07, 6.45) is 0. The smallest absolute Gasteiger partial charge is 0.230 e. The van der Waals surface area contributed by atoms with Crippen molar-refractivity contribution in [2.75, 3.05) is 19.5 Å². The number of rotatable bonds is 7. The molecule has 106 valence electrons. The number of nitrogens with one attached hydrogen (secondary N) is 1. The third-order valence-electron chi connectivity index (χ3n) is 2.96. The van der Waals surface area contributed by atoms with E-state index in [4.69, 9.17) is 9.84 Å². The van der Waals surface area contributed by atoms with Gasteiger partial charge in [0, 0.05) is 17.5 Å². The molecule has 2 unspecified atom stereocenters. The first-order chi connectivity index (χ1) is 9.06. The molecule has 4 nitrogen and oxygen atoms in total. The second-order valence-corrected chi connectivity index (χ2v) is 5.53. The quantitative estimate of drug-likeness (QED) is 0.751. The van der Waals surface area contributed by atoms with Gasteiger partial charge in [-0.1, -0.05) is 6.92 Å². The number of thioether (sulfide) groups is 1. The van der Waals surface area contributed by atoms with E-state index in [0.29, 0.717) is 5.75 Å². The lowest BCUT2D eigenvalue weighted by Crippen LogP contribution is -2.39. The van der Waals surface area contributed by atoms with Crippen LogP contribution in [-0.4, -0.2) is 36.5 Å². The Balaban J connectivity index is 2.37. The highest BCUT2D eigenvalue weighted by Gasteiger charge is 2.13. The number of benzene rings is 1. The number of aliphatic hydroxyl groups is 1. The molecule has 0 radical (unpaired) electrons. The lowest BCUT2D eigenvalue weighted by Gasteiger charge is -2.19. The lowest BCUT2D eigenvalue weighted by atomic mass is 10.1. The number of hydrogen-bond acceptors (Lipinski definition) is 4. The molecule has 0 fully saturated rings. The van der Waals surface area contributed by atoms with Crippen LogP contribution in [0.4, 0.5) is 0 Å². The van der Waals surface area contributed by atoms with E-state index in [9.17, 15) is 4.79 Å². The SMILES string of the molecule is COc1ccc(SCC(=O)NC(C)C(C)CO)cc1. The first kappa shape index (κ1) is 15.9. The number of amides is 1. The zero-order valence-electron chi connectivity index (χ0n) is 11.6. The Kier molecular flexibility index (Phi) is 6.73. The second-order valence-electron chi connectivity index (χ2n) is 4.48. The minimum Gasteiger partial charge on any atom is -0.497 e. The van der Waals surface area contributed by atoms with E-state index in [2.05, 4.69) is 5.32 Å². The van der Waals surface area contributed by atoms with Crippen molar-refractivity contribution >= 4 is 17.7 Å². The first-order valence-corrected chi connectivity index (χ1v) is 7.22. The standard InChI is InChI=1S/C14H21NO3S/c1-10(8-16)11(2)15-14(17)9-19-13-6-4-12(18-3)5-7-13/h4-7,10-11,16H,8-9H2,1-3H3,(H,15,17). The zero-order chi connectivity index (χ0) is 14.3. The van der Waals surface area contributed by atoms with Crippen LogP contribution in [0.3, 0.4) is 0 Å². The predicted molar refractivity (Wildman–Crippen MR) is 77.6 cm³/mol. The van der Waals surface area contributed by atoms with Gasteiger partial charge in [0.1, 0.15) is 5.75 Å². The molecule has 0 aliphatic rings. The van der Waals surface area contributed by atoms with E-state index in [1.54, 1.807) is 7.11 Å². The van der Waals surface area contributed by atoms with Crippen LogP contribution in [0.5, 0.6) is 5.75 Å². The molecule has 0 aromatic heterocycles. The Bertz CT molecular complexity index is 394. The van der Waals surface area contributed by atoms with Gasteiger partial charge in [0.25, 0.3) is 0 Å². The number of carbonyl (C=O) groups excluding carboxylic acids is 1. The van der Waals surface area contributed by atoms with Crippen LogP contribution in [0, 0.1) is 5.92 Å². The summed E-state index contributed by atoms with van der Waals surface area (Å²) in [5.41, 5.74) is 0. The van der Waals surface area contributed by atoms with Crippen molar-refractivity contribution in [3.8, 4) is 5.75 Å². The first-order valence-electron chi connectivity index (χ1n) is 6.24. The van der Waals surface area contributed by atoms with Gasteiger partial charge in [-0.25, -0.2) is 0 Å². The van der Waals surface area contributed by atoms with Crippen LogP contribution >= 0.6 is 11.8 Å². The molecule has 1 aromatic carbocycles. The summed E-state index contributed by atoms with van der Waals surface area (Å²) < 4.78 is 5.07. The summed E-state index contributed by atoms with van der Waals surface area (Å²) in [5, 5.41) is 11.9. The van der Waals surface area contributed by atoms with Gasteiger partial charge in [0.15, 0.2) is 0 Å². The average molecular weight is 283 g/mol. The van der Waals surface area contributed by atoms with Crippen LogP contribution in [0.25, 0.3) is 0 Å². The van der Waals surface area contributed by atoms with Crippen LogP contribution in [0.2, 0.25) is 0 Å². The molecule has 0 spiro atoms. The highest BCUT2D eigenvalue weighted by atomic mass is 32.2. The third-order valence-corrected chi connectivity index (χ3v) is 3.97. The summed E-state index contributed by atoms with van der Waals surface area (Å²) in [6.45, 7) is 3.88. The Morgan fingerprint density at radius 1 is 1.37 bits per heavy atom. The van der Waals surface area contributed by atoms with Crippen molar-refractivity contribution in [1.29, 1.82) is 0 Å². The van der Waals surface area contributed by atoms with Gasteiger partial charge < -0.3 is 15.2 Å². The summed E-state index contributed by atoms with van der Waals surface area (Å²) >= 11 is 1.48. The largest absolute Gasteiger partial charge is 0.497 e. The van der Waals surface area contributed by atoms with E-state index >= 15 is 0 Å². The van der Waals surface area contributed by atoms with Gasteiger partial charge in [-0.3, -0.25) is 4.79 Å². The Morgan fingerprint density at radius 3 is 2.53 bits per heavy atom. The van der Waals surface area contributed by atoms with E-state index in [-0.39, 0.29) is 24.5 Å². The van der Waals surface area contributed by atoms with E-state index in [1.165, 1.54) is 11.8 Å². The van der Waals surface area contributed by atoms with Crippen molar-refractivity contribution in [2.45, 2.75) is 24.8 Å². The average Bonchev–Trinajstić information content (AvgIpc) is 2.44. The fourth-order valence-electron chi connectivity index (χ4n) is 1.42. The van der Waals surface area contributed by atoms with E-state index < -0.39 is 0 Å². The maximum Gasteiger partial charge on any atom is 0.230 e. The molecule has 0 aliphatic heterocycles. The van der Waals surface area contributed by atoms with Gasteiger partial charge in [-0.05, 0) is 37.1 Å². The summed E-state index contributed by atoms with van der Waals surface area (Å²) in [4.78, 5) is 12.8. The Labute approximate surface area is 118 Å². The molecule has 1 rings (SSSR count). The molecule has 0 saturated carbocycles. The normalized spacial score (nSPS) is 13.7. The molecular weight excluding hydrogens is 262 g/mol. The molecule has 2 atom stereocenters. The molecule has 19 heavy (non-hydrogen) atoms. The van der Waals surface area contributed by atoms with Crippen LogP contribution < -0.4 is 10.1 Å². The fraction of sp³-hybridized carbons (Fsp3) is 0.500. The molecule has 0 heterocycles. The molecule has 0 saturated heterocycles. The van der Waals surface area contributed by atoms with Gasteiger partial charge in [0.05, 0.1) is 12.9 Å². The van der Waals surface area contributed by atoms with Gasteiger partial charge in [-0.15, -0.1) is 11.8 Å². The van der Waals surface area contributed by atoms with Crippen LogP contribution in [0.1, 0.15) is 13.8 Å². The second kappa shape index (κ2) is 8.07. The molecule has 0 bridgehead atoms. The van der Waals surface area contributed by atoms with E-state index in [0.717, 1.165) is 10.6 Å². The number of hydrogen-bond donors (Lipinski definition) is 2. The highest BCUT2D eigenvalue weighted by Crippen LogP contribution is 2.21. The molecular formula is C14H21NO3S. The monoisotopic (exact) mass is 283 g/mol. The van der Waals surface area contributed by atoms with Crippen LogP contribution in [-0.2, 0) is 4.79 Å². The number of aliphatic hydroxyl groups excluding tert-OH is 1. The summed E-state index contributed by atoms with van der Waals surface area (Å²) in [7, 11) is 1.62. The summed E-state index contributed by atoms with van der Waals surface area (Å²) in [5.74, 6) is 1.22. The number of methoxy groups -OCH3 is 1. The van der Waals surface area contributed by atoms with Crippen molar-refractivity contribution in [3.63, 3.8) is 0 Å². The van der Waals surface area contributed by atoms with Gasteiger partial charge in [-0.2, -0.15) is 0 Å². The predicted octanol–water partition coefficient (Wildman–Crippen LogP) is 1.92. The Morgan fingerprint density at radius 2 is 2.00 bits per heavy atom. The Hall–Kier alpha value is -1.20. The van der Waals surface area contributed by atoms with Crippen molar-refractivity contribution in [1.82, 2.24) is 5.32 Å². The molecule has 1 amide bonds. The zero-order valence-corrected chi connectivity index (χ0v) is 12.4. The van der Waals surface area contributed by atoms with Gasteiger partial charge >= 0.3 is 0 Å². The number of carbonyl (C=O) groups is 1. The fourth-order valence-corrected chi connectivity index (χ4v) is 2.13. The highest BCUT2D eigenvalue weighted by molar-refractivity contribution is 8.00. The van der Waals surface area contributed by atoms with Crippen molar-refractivity contribution < 1.29 is 14.6 Å². The minimum absolute atomic E-state index is 0.0195. The molecule has 1 aromatic rings. The van der Waals surface area contributed by atoms with Gasteiger partial charge in [0.2, 0.25) is 5.91 Å². The van der Waals surface area contributed by atoms with Crippen LogP contribution in [0.15, 0.2) is 29.2 Å². The van der Waals surface area contributed by atoms with Crippen molar-refractivity contribution in [2.24, 2.45) is 5.92 Å². The topological polar surface area (TPSA) is 58.6 Å². The third kappa shape index (κ3) is 5.53. The molecule has 0 aliphatic carbocycles. The molecule has 5 heteroatoms. The maximum absolute atomic E-state index is 11.7. The van der Waals surface area contributed by atoms with E-state index in [1.807, 2.05) is 38.1 Å². The maximum atomic E-state index is 11.7. The number of ether oxygens (including phenoxy) is 1.